The number of fused-ring (bicyclic) bond motifs is 1. The van der Waals surface area contributed by atoms with E-state index in [0.717, 1.165) is 16.9 Å². The van der Waals surface area contributed by atoms with E-state index in [4.69, 9.17) is 30.5 Å². The predicted octanol–water partition coefficient (Wildman–Crippen LogP) is 6.61. The van der Waals surface area contributed by atoms with Crippen molar-refractivity contribution in [3.8, 4) is 34.4 Å². The number of nitrogens with zero attached hydrogens (tertiary/aromatic N) is 4. The highest BCUT2D eigenvalue weighted by Crippen LogP contribution is 2.37. The van der Waals surface area contributed by atoms with Crippen LogP contribution in [0.15, 0.2) is 67.1 Å². The van der Waals surface area contributed by atoms with E-state index >= 15 is 0 Å². The number of ether oxygens (including phenoxy) is 4. The van der Waals surface area contributed by atoms with Crippen LogP contribution in [0.1, 0.15) is 10.5 Å². The van der Waals surface area contributed by atoms with Gasteiger partial charge in [-0.1, -0.05) is 11.6 Å². The van der Waals surface area contributed by atoms with E-state index in [0.29, 0.717) is 33.9 Å². The molecule has 15 heteroatoms. The summed E-state index contributed by atoms with van der Waals surface area (Å²) in [7, 11) is 3.02. The van der Waals surface area contributed by atoms with Crippen molar-refractivity contribution in [3.05, 3.63) is 83.7 Å². The first-order valence-electron chi connectivity index (χ1n) is 12.3. The summed E-state index contributed by atoms with van der Waals surface area (Å²) >= 11 is 5.81. The fourth-order valence-electron chi connectivity index (χ4n) is 3.89. The lowest BCUT2D eigenvalue weighted by Crippen LogP contribution is -2.21. The Balaban J connectivity index is 1.36. The second-order valence-electron chi connectivity index (χ2n) is 8.76. The monoisotopic (exact) mass is 617 g/mol. The molecule has 0 atom stereocenters. The third-order valence-corrected chi connectivity index (χ3v) is 6.16. The Morgan fingerprint density at radius 2 is 1.74 bits per heavy atom. The van der Waals surface area contributed by atoms with E-state index in [1.54, 1.807) is 24.4 Å². The zero-order valence-electron chi connectivity index (χ0n) is 22.3. The Bertz CT molecular complexity index is 1800. The largest absolute Gasteiger partial charge is 0.493 e. The Kier molecular flexibility index (Phi) is 8.21. The number of nitrogens with one attached hydrogen (secondary N) is 1. The molecule has 0 aliphatic heterocycles. The van der Waals surface area contributed by atoms with Crippen LogP contribution in [0, 0.1) is 5.82 Å². The number of hydrogen-bond donors (Lipinski definition) is 1. The number of pyridine rings is 2. The van der Waals surface area contributed by atoms with Crippen LogP contribution < -0.4 is 24.3 Å². The molecule has 0 saturated carbocycles. The molecule has 10 nitrogen and oxygen atoms in total. The lowest BCUT2D eigenvalue weighted by molar-refractivity contribution is -0.153. The summed E-state index contributed by atoms with van der Waals surface area (Å²) in [6.45, 7) is -1.67. The third kappa shape index (κ3) is 6.70. The van der Waals surface area contributed by atoms with Crippen LogP contribution >= 0.6 is 11.6 Å². The number of anilines is 1. The Morgan fingerprint density at radius 1 is 0.977 bits per heavy atom. The lowest BCUT2D eigenvalue weighted by Gasteiger charge is -2.12. The van der Waals surface area contributed by atoms with Crippen molar-refractivity contribution in [2.24, 2.45) is 0 Å². The second-order valence-corrected chi connectivity index (χ2v) is 9.16. The summed E-state index contributed by atoms with van der Waals surface area (Å²) < 4.78 is 74.7. The number of benzene rings is 2. The number of aromatic nitrogens is 4. The molecular weight excluding hydrogens is 598 g/mol. The van der Waals surface area contributed by atoms with Crippen molar-refractivity contribution >= 4 is 34.2 Å². The first-order valence-corrected chi connectivity index (χ1v) is 12.6. The van der Waals surface area contributed by atoms with E-state index in [1.165, 1.54) is 44.7 Å². The molecule has 5 aromatic rings. The van der Waals surface area contributed by atoms with Crippen LogP contribution in [0.5, 0.6) is 28.7 Å². The first kappa shape index (κ1) is 29.4. The lowest BCUT2D eigenvalue weighted by atomic mass is 10.2. The van der Waals surface area contributed by atoms with Crippen LogP contribution in [-0.2, 0) is 0 Å². The van der Waals surface area contributed by atoms with Gasteiger partial charge in [-0.2, -0.15) is 18.3 Å². The van der Waals surface area contributed by atoms with Crippen molar-refractivity contribution in [2.75, 3.05) is 26.1 Å². The van der Waals surface area contributed by atoms with Crippen LogP contribution in [0.3, 0.4) is 0 Å². The van der Waals surface area contributed by atoms with Gasteiger partial charge in [0.25, 0.3) is 5.91 Å². The van der Waals surface area contributed by atoms with Crippen molar-refractivity contribution in [3.63, 3.8) is 0 Å². The number of rotatable bonds is 9. The standard InChI is InChI=1S/C28H20ClF4N5O5/c1-40-22-10-17-20(11-23(22)41-2)34-8-7-21(17)43-16-4-6-25(35-12-16)36-27(39)26-24(42-14-28(31,32)33)13-38(37-26)15-3-5-19(30)18(29)9-15/h3-13H,14H2,1-2H3,(H,35,36,39). The molecule has 0 saturated heterocycles. The molecule has 0 aliphatic rings. The van der Waals surface area contributed by atoms with Gasteiger partial charge in [0.2, 0.25) is 0 Å². The summed E-state index contributed by atoms with van der Waals surface area (Å²) in [6, 6.07) is 11.5. The van der Waals surface area contributed by atoms with Gasteiger partial charge in [-0.05, 0) is 42.5 Å². The molecule has 0 aliphatic carbocycles. The van der Waals surface area contributed by atoms with Crippen LogP contribution in [-0.4, -0.2) is 52.7 Å². The summed E-state index contributed by atoms with van der Waals surface area (Å²) in [5, 5.41) is 6.88. The number of carbonyl (C=O) groups is 1. The average Bonchev–Trinajstić information content (AvgIpc) is 3.42. The molecule has 0 fully saturated rings. The summed E-state index contributed by atoms with van der Waals surface area (Å²) in [5.74, 6) is -0.302. The highest BCUT2D eigenvalue weighted by atomic mass is 35.5. The van der Waals surface area contributed by atoms with Gasteiger partial charge in [0.1, 0.15) is 23.1 Å². The Hall–Kier alpha value is -5.11. The number of carbonyl (C=O) groups excluding carboxylic acids is 1. The average molecular weight is 618 g/mol. The number of hydrogen-bond acceptors (Lipinski definition) is 8. The maximum atomic E-state index is 13.6. The van der Waals surface area contributed by atoms with Crippen LogP contribution in [0.2, 0.25) is 5.02 Å². The highest BCUT2D eigenvalue weighted by molar-refractivity contribution is 6.30. The molecule has 0 unspecified atom stereocenters. The van der Waals surface area contributed by atoms with E-state index in [2.05, 4.69) is 20.4 Å². The normalized spacial score (nSPS) is 11.3. The summed E-state index contributed by atoms with van der Waals surface area (Å²) in [4.78, 5) is 21.5. The minimum absolute atomic E-state index is 0.0458. The van der Waals surface area contributed by atoms with Gasteiger partial charge in [-0.15, -0.1) is 0 Å². The zero-order valence-corrected chi connectivity index (χ0v) is 23.0. The maximum absolute atomic E-state index is 13.6. The number of halogens is 5. The highest BCUT2D eigenvalue weighted by Gasteiger charge is 2.30. The Morgan fingerprint density at radius 3 is 2.42 bits per heavy atom. The van der Waals surface area contributed by atoms with E-state index in [-0.39, 0.29) is 16.5 Å². The summed E-state index contributed by atoms with van der Waals surface area (Å²) in [5.41, 5.74) is 0.305. The summed E-state index contributed by atoms with van der Waals surface area (Å²) in [6.07, 6.45) is -0.728. The van der Waals surface area contributed by atoms with E-state index < -0.39 is 36.0 Å². The van der Waals surface area contributed by atoms with Gasteiger partial charge < -0.3 is 24.3 Å². The van der Waals surface area contributed by atoms with Gasteiger partial charge in [0, 0.05) is 17.6 Å². The molecule has 0 bridgehead atoms. The quantitative estimate of drug-likeness (QED) is 0.184. The maximum Gasteiger partial charge on any atom is 0.422 e. The minimum atomic E-state index is -4.68. The molecule has 3 aromatic heterocycles. The van der Waals surface area contributed by atoms with Crippen LogP contribution in [0.25, 0.3) is 16.6 Å². The minimum Gasteiger partial charge on any atom is -0.493 e. The van der Waals surface area contributed by atoms with Gasteiger partial charge in [0.15, 0.2) is 29.5 Å². The van der Waals surface area contributed by atoms with E-state index in [9.17, 15) is 22.4 Å². The molecule has 5 rings (SSSR count). The van der Waals surface area contributed by atoms with Gasteiger partial charge in [-0.3, -0.25) is 9.78 Å². The predicted molar refractivity (Wildman–Crippen MR) is 147 cm³/mol. The third-order valence-electron chi connectivity index (χ3n) is 5.87. The SMILES string of the molecule is COc1cc2nccc(Oc3ccc(NC(=O)c4nn(-c5ccc(F)c(Cl)c5)cc4OCC(F)(F)F)nc3)c2cc1OC. The second kappa shape index (κ2) is 12.0. The van der Waals surface area contributed by atoms with Crippen molar-refractivity contribution in [2.45, 2.75) is 6.18 Å². The fraction of sp³-hybridized carbons (Fsp3) is 0.143. The first-order chi connectivity index (χ1) is 20.5. The Labute approximate surface area is 245 Å². The number of alkyl halides is 3. The van der Waals surface area contributed by atoms with Crippen molar-refractivity contribution in [1.29, 1.82) is 0 Å². The van der Waals surface area contributed by atoms with E-state index in [1.807, 2.05) is 0 Å². The van der Waals surface area contributed by atoms with Gasteiger partial charge >= 0.3 is 6.18 Å². The molecule has 2 aromatic carbocycles. The van der Waals surface area contributed by atoms with Crippen molar-refractivity contribution in [1.82, 2.24) is 19.7 Å². The van der Waals surface area contributed by atoms with Gasteiger partial charge in [0.05, 0.1) is 42.8 Å². The molecular formula is C28H20ClF4N5O5. The smallest absolute Gasteiger partial charge is 0.422 e. The number of methoxy groups -OCH3 is 2. The fourth-order valence-corrected chi connectivity index (χ4v) is 4.07. The molecule has 43 heavy (non-hydrogen) atoms. The number of amides is 1. The zero-order chi connectivity index (χ0) is 30.7. The topological polar surface area (TPSA) is 110 Å². The van der Waals surface area contributed by atoms with Crippen LogP contribution in [0.4, 0.5) is 23.4 Å². The molecule has 222 valence electrons. The van der Waals surface area contributed by atoms with Gasteiger partial charge in [-0.25, -0.2) is 14.1 Å². The molecule has 0 radical (unpaired) electrons. The molecule has 1 N–H and O–H groups in total. The molecule has 0 spiro atoms. The molecule has 3 heterocycles. The molecule has 1 amide bonds. The van der Waals surface area contributed by atoms with Crippen molar-refractivity contribution < 1.29 is 41.3 Å².